The van der Waals surface area contributed by atoms with E-state index in [0.29, 0.717) is 17.8 Å². The largest absolute Gasteiger partial charge is 0.408 e. The van der Waals surface area contributed by atoms with Gasteiger partial charge in [0.25, 0.3) is 5.91 Å². The molecule has 4 heterocycles. The second-order valence-corrected chi connectivity index (χ2v) is 6.60. The number of rotatable bonds is 3. The second kappa shape index (κ2) is 6.77. The van der Waals surface area contributed by atoms with E-state index in [4.69, 9.17) is 0 Å². The van der Waals surface area contributed by atoms with Gasteiger partial charge in [-0.1, -0.05) is 0 Å². The fourth-order valence-electron chi connectivity index (χ4n) is 3.47. The van der Waals surface area contributed by atoms with Crippen LogP contribution in [0.4, 0.5) is 24.7 Å². The number of nitrogens with one attached hydrogen (secondary N) is 1. The Balaban J connectivity index is 1.71. The maximum Gasteiger partial charge on any atom is 0.408 e. The summed E-state index contributed by atoms with van der Waals surface area (Å²) in [5.41, 5.74) is 1.36. The predicted molar refractivity (Wildman–Crippen MR) is 96.3 cm³/mol. The van der Waals surface area contributed by atoms with Crippen LogP contribution in [0.2, 0.25) is 0 Å². The summed E-state index contributed by atoms with van der Waals surface area (Å²) in [6.07, 6.45) is 0.734. The van der Waals surface area contributed by atoms with Crippen LogP contribution in [-0.2, 0) is 0 Å². The molecule has 1 amide bonds. The van der Waals surface area contributed by atoms with E-state index in [1.165, 1.54) is 27.9 Å². The van der Waals surface area contributed by atoms with Crippen LogP contribution in [0.25, 0.3) is 5.65 Å². The van der Waals surface area contributed by atoms with Crippen molar-refractivity contribution in [1.82, 2.24) is 19.6 Å². The first-order chi connectivity index (χ1) is 13.3. The molecular formula is C18H17F3N6O. The van der Waals surface area contributed by atoms with Gasteiger partial charge in [-0.15, -0.1) is 0 Å². The summed E-state index contributed by atoms with van der Waals surface area (Å²) in [5, 5.41) is 6.96. The van der Waals surface area contributed by atoms with E-state index < -0.39 is 18.1 Å². The lowest BCUT2D eigenvalue weighted by Gasteiger charge is -2.27. The molecule has 0 saturated carbocycles. The third kappa shape index (κ3) is 3.25. The van der Waals surface area contributed by atoms with E-state index in [1.54, 1.807) is 25.3 Å². The topological polar surface area (TPSA) is 75.4 Å². The zero-order valence-electron chi connectivity index (χ0n) is 14.9. The molecule has 28 heavy (non-hydrogen) atoms. The average molecular weight is 390 g/mol. The van der Waals surface area contributed by atoms with Gasteiger partial charge in [-0.25, -0.2) is 9.50 Å². The Hall–Kier alpha value is -3.17. The fourth-order valence-corrected chi connectivity index (χ4v) is 3.47. The molecule has 1 aliphatic heterocycles. The number of amides is 1. The minimum absolute atomic E-state index is 0.0308. The highest BCUT2D eigenvalue weighted by Crippen LogP contribution is 2.35. The highest BCUT2D eigenvalue weighted by Gasteiger charge is 2.46. The van der Waals surface area contributed by atoms with Crippen LogP contribution in [0.3, 0.4) is 0 Å². The first-order valence-corrected chi connectivity index (χ1v) is 8.75. The molecule has 0 aliphatic carbocycles. The van der Waals surface area contributed by atoms with Crippen LogP contribution in [0.1, 0.15) is 28.9 Å². The summed E-state index contributed by atoms with van der Waals surface area (Å²) in [6.45, 7) is 1.92. The summed E-state index contributed by atoms with van der Waals surface area (Å²) < 4.78 is 41.3. The van der Waals surface area contributed by atoms with Crippen molar-refractivity contribution in [3.63, 3.8) is 0 Å². The van der Waals surface area contributed by atoms with Crippen molar-refractivity contribution >= 4 is 23.1 Å². The minimum atomic E-state index is -4.33. The monoisotopic (exact) mass is 390 g/mol. The van der Waals surface area contributed by atoms with Crippen molar-refractivity contribution in [2.24, 2.45) is 0 Å². The Morgan fingerprint density at radius 3 is 2.86 bits per heavy atom. The molecule has 1 saturated heterocycles. The summed E-state index contributed by atoms with van der Waals surface area (Å²) >= 11 is 0. The first kappa shape index (κ1) is 18.2. The lowest BCUT2D eigenvalue weighted by molar-refractivity contribution is -0.146. The molecule has 3 aromatic heterocycles. The number of fused-ring (bicyclic) bond motifs is 1. The molecule has 1 unspecified atom stereocenters. The van der Waals surface area contributed by atoms with Gasteiger partial charge in [0.2, 0.25) is 0 Å². The second-order valence-electron chi connectivity index (χ2n) is 6.60. The van der Waals surface area contributed by atoms with E-state index in [-0.39, 0.29) is 30.0 Å². The van der Waals surface area contributed by atoms with Gasteiger partial charge in [0, 0.05) is 18.9 Å². The molecular weight excluding hydrogens is 373 g/mol. The lowest BCUT2D eigenvalue weighted by atomic mass is 10.2. The van der Waals surface area contributed by atoms with Crippen LogP contribution >= 0.6 is 0 Å². The molecule has 4 rings (SSSR count). The number of hydrogen-bond donors (Lipinski definition) is 1. The maximum absolute atomic E-state index is 13.3. The van der Waals surface area contributed by atoms with Gasteiger partial charge in [-0.3, -0.25) is 9.78 Å². The highest BCUT2D eigenvalue weighted by molar-refractivity contribution is 6.09. The molecule has 0 aromatic carbocycles. The molecule has 146 valence electrons. The molecule has 0 bridgehead atoms. The van der Waals surface area contributed by atoms with Crippen LogP contribution in [0.15, 0.2) is 36.8 Å². The molecule has 0 radical (unpaired) electrons. The minimum Gasteiger partial charge on any atom is -0.344 e. The molecule has 1 atom stereocenters. The summed E-state index contributed by atoms with van der Waals surface area (Å²) in [5.74, 6) is -0.262. The Kier molecular flexibility index (Phi) is 4.40. The smallest absolute Gasteiger partial charge is 0.344 e. The SMILES string of the molecule is Cc1nn2ccc(N3CCCC3C(F)(F)F)nc2c1C(=O)Nc1cccnc1. The van der Waals surface area contributed by atoms with Crippen molar-refractivity contribution in [2.75, 3.05) is 16.8 Å². The first-order valence-electron chi connectivity index (χ1n) is 8.75. The Labute approximate surface area is 158 Å². The number of aromatic nitrogens is 4. The normalized spacial score (nSPS) is 17.3. The van der Waals surface area contributed by atoms with Crippen LogP contribution in [0.5, 0.6) is 0 Å². The van der Waals surface area contributed by atoms with Crippen molar-refractivity contribution in [2.45, 2.75) is 32.0 Å². The Morgan fingerprint density at radius 1 is 1.32 bits per heavy atom. The fraction of sp³-hybridized carbons (Fsp3) is 0.333. The number of carbonyl (C=O) groups excluding carboxylic acids is 1. The van der Waals surface area contributed by atoms with Gasteiger partial charge in [-0.05, 0) is 38.0 Å². The summed E-state index contributed by atoms with van der Waals surface area (Å²) in [4.78, 5) is 22.3. The van der Waals surface area contributed by atoms with Crippen LogP contribution in [-0.4, -0.2) is 44.3 Å². The number of pyridine rings is 1. The Morgan fingerprint density at radius 2 is 2.14 bits per heavy atom. The van der Waals surface area contributed by atoms with E-state index in [9.17, 15) is 18.0 Å². The predicted octanol–water partition coefficient (Wildman–Crippen LogP) is 3.22. The van der Waals surface area contributed by atoms with E-state index in [0.717, 1.165) is 0 Å². The van der Waals surface area contributed by atoms with E-state index in [1.807, 2.05) is 0 Å². The van der Waals surface area contributed by atoms with Crippen molar-refractivity contribution in [3.8, 4) is 0 Å². The quantitative estimate of drug-likeness (QED) is 0.743. The van der Waals surface area contributed by atoms with Crippen LogP contribution < -0.4 is 10.2 Å². The van der Waals surface area contributed by atoms with Crippen molar-refractivity contribution in [1.29, 1.82) is 0 Å². The number of anilines is 2. The van der Waals surface area contributed by atoms with Crippen molar-refractivity contribution in [3.05, 3.63) is 48.0 Å². The standard InChI is InChI=1S/C18H17F3N6O/c1-11-15(17(28)23-12-4-2-7-22-10-12)16-24-14(6-9-27(16)25-11)26-8-3-5-13(26)18(19,20)21/h2,4,6-7,9-10,13H,3,5,8H2,1H3,(H,23,28). The van der Waals surface area contributed by atoms with Gasteiger partial charge in [0.1, 0.15) is 17.4 Å². The van der Waals surface area contributed by atoms with E-state index >= 15 is 0 Å². The summed E-state index contributed by atoms with van der Waals surface area (Å²) in [6, 6.07) is 3.29. The van der Waals surface area contributed by atoms with Gasteiger partial charge in [0.15, 0.2) is 5.65 Å². The number of aryl methyl sites for hydroxylation is 1. The van der Waals surface area contributed by atoms with Gasteiger partial charge >= 0.3 is 6.18 Å². The number of nitrogens with zero attached hydrogens (tertiary/aromatic N) is 5. The number of alkyl halides is 3. The number of hydrogen-bond acceptors (Lipinski definition) is 5. The number of carbonyl (C=O) groups is 1. The van der Waals surface area contributed by atoms with Crippen molar-refractivity contribution < 1.29 is 18.0 Å². The third-order valence-electron chi connectivity index (χ3n) is 4.72. The molecule has 1 aliphatic rings. The average Bonchev–Trinajstić information content (AvgIpc) is 3.25. The molecule has 10 heteroatoms. The molecule has 1 N–H and O–H groups in total. The zero-order valence-corrected chi connectivity index (χ0v) is 14.9. The van der Waals surface area contributed by atoms with Gasteiger partial charge in [0.05, 0.1) is 17.6 Å². The molecule has 0 spiro atoms. The Bertz CT molecular complexity index is 1020. The molecule has 3 aromatic rings. The highest BCUT2D eigenvalue weighted by atomic mass is 19.4. The zero-order chi connectivity index (χ0) is 19.9. The van der Waals surface area contributed by atoms with Gasteiger partial charge in [-0.2, -0.15) is 18.3 Å². The lowest BCUT2D eigenvalue weighted by Crippen LogP contribution is -2.41. The molecule has 7 nitrogen and oxygen atoms in total. The number of halogens is 3. The maximum atomic E-state index is 13.3. The van der Waals surface area contributed by atoms with Crippen LogP contribution in [0, 0.1) is 6.92 Å². The van der Waals surface area contributed by atoms with E-state index in [2.05, 4.69) is 20.4 Å². The van der Waals surface area contributed by atoms with Gasteiger partial charge < -0.3 is 10.2 Å². The summed E-state index contributed by atoms with van der Waals surface area (Å²) in [7, 11) is 0. The third-order valence-corrected chi connectivity index (χ3v) is 4.72. The molecule has 1 fully saturated rings.